The molecule has 0 spiro atoms. The second-order valence-electron chi connectivity index (χ2n) is 4.12. The van der Waals surface area contributed by atoms with E-state index in [1.165, 1.54) is 24.2 Å². The average molecular weight is 202 g/mol. The van der Waals surface area contributed by atoms with E-state index >= 15 is 0 Å². The van der Waals surface area contributed by atoms with E-state index in [1.807, 2.05) is 19.4 Å². The quantitative estimate of drug-likeness (QED) is 0.765. The summed E-state index contributed by atoms with van der Waals surface area (Å²) in [7, 11) is 1.92. The van der Waals surface area contributed by atoms with Crippen LogP contribution in [0.1, 0.15) is 24.2 Å². The molecule has 0 aliphatic heterocycles. The van der Waals surface area contributed by atoms with Crippen molar-refractivity contribution in [3.8, 4) is 11.4 Å². The van der Waals surface area contributed by atoms with Crippen LogP contribution in [-0.4, -0.2) is 19.7 Å². The van der Waals surface area contributed by atoms with Gasteiger partial charge in [-0.05, 0) is 25.7 Å². The third-order valence-electron chi connectivity index (χ3n) is 2.93. The first-order valence-electron chi connectivity index (χ1n) is 5.40. The van der Waals surface area contributed by atoms with Gasteiger partial charge < -0.3 is 4.98 Å². The van der Waals surface area contributed by atoms with Gasteiger partial charge in [0.2, 0.25) is 0 Å². The number of H-pyrrole nitrogens is 1. The molecule has 2 heterocycles. The molecule has 0 unspecified atom stereocenters. The number of hydrogen-bond donors (Lipinski definition) is 1. The minimum Gasteiger partial charge on any atom is -0.342 e. The minimum atomic E-state index is 0.968. The zero-order valence-electron chi connectivity index (χ0n) is 8.82. The van der Waals surface area contributed by atoms with Crippen molar-refractivity contribution in [2.45, 2.75) is 25.7 Å². The number of nitrogens with zero attached hydrogens (tertiary/aromatic N) is 3. The Kier molecular flexibility index (Phi) is 1.87. The summed E-state index contributed by atoms with van der Waals surface area (Å²) < 4.78 is 1.80. The van der Waals surface area contributed by atoms with E-state index in [-0.39, 0.29) is 0 Å². The van der Waals surface area contributed by atoms with Crippen LogP contribution in [0.4, 0.5) is 0 Å². The number of fused-ring (bicyclic) bond motifs is 1. The predicted octanol–water partition coefficient (Wildman–Crippen LogP) is 1.69. The monoisotopic (exact) mass is 202 g/mol. The number of hydrogen-bond acceptors (Lipinski definition) is 2. The fraction of sp³-hybridized carbons (Fsp3) is 0.455. The van der Waals surface area contributed by atoms with Crippen molar-refractivity contribution in [2.75, 3.05) is 0 Å². The highest BCUT2D eigenvalue weighted by atomic mass is 15.2. The first-order chi connectivity index (χ1) is 7.33. The molecule has 0 fully saturated rings. The Morgan fingerprint density at radius 2 is 2.20 bits per heavy atom. The number of imidazole rings is 1. The molecule has 4 heteroatoms. The van der Waals surface area contributed by atoms with Crippen LogP contribution >= 0.6 is 0 Å². The summed E-state index contributed by atoms with van der Waals surface area (Å²) in [6.45, 7) is 0. The molecule has 1 N–H and O–H groups in total. The van der Waals surface area contributed by atoms with Crippen LogP contribution in [0.5, 0.6) is 0 Å². The second-order valence-corrected chi connectivity index (χ2v) is 4.12. The highest BCUT2D eigenvalue weighted by Crippen LogP contribution is 2.23. The fourth-order valence-corrected chi connectivity index (χ4v) is 2.13. The lowest BCUT2D eigenvalue weighted by Crippen LogP contribution is -2.00. The predicted molar refractivity (Wildman–Crippen MR) is 57.4 cm³/mol. The highest BCUT2D eigenvalue weighted by molar-refractivity contribution is 5.53. The van der Waals surface area contributed by atoms with Crippen molar-refractivity contribution in [2.24, 2.45) is 7.05 Å². The standard InChI is InChI=1S/C11H14N4/c1-15-7-8(6-12-15)11-13-9-4-2-3-5-10(9)14-11/h6-7H,2-5H2,1H3,(H,13,14). The zero-order chi connectivity index (χ0) is 10.3. The van der Waals surface area contributed by atoms with Gasteiger partial charge in [0.15, 0.2) is 0 Å². The van der Waals surface area contributed by atoms with Gasteiger partial charge in [0, 0.05) is 18.9 Å². The molecule has 1 aliphatic carbocycles. The van der Waals surface area contributed by atoms with Crippen molar-refractivity contribution >= 4 is 0 Å². The second kappa shape index (κ2) is 3.22. The van der Waals surface area contributed by atoms with E-state index in [0.29, 0.717) is 0 Å². The van der Waals surface area contributed by atoms with Crippen LogP contribution in [0.25, 0.3) is 11.4 Å². The third kappa shape index (κ3) is 1.46. The van der Waals surface area contributed by atoms with E-state index in [9.17, 15) is 0 Å². The summed E-state index contributed by atoms with van der Waals surface area (Å²) in [5, 5.41) is 4.16. The summed E-state index contributed by atoms with van der Waals surface area (Å²) in [4.78, 5) is 8.02. The van der Waals surface area contributed by atoms with Gasteiger partial charge in [-0.1, -0.05) is 0 Å². The highest BCUT2D eigenvalue weighted by Gasteiger charge is 2.15. The Bertz CT molecular complexity index is 457. The molecule has 4 nitrogen and oxygen atoms in total. The van der Waals surface area contributed by atoms with Gasteiger partial charge in [-0.2, -0.15) is 5.10 Å². The molecule has 0 bridgehead atoms. The molecule has 2 aromatic heterocycles. The topological polar surface area (TPSA) is 46.5 Å². The molecule has 78 valence electrons. The maximum atomic E-state index is 4.63. The van der Waals surface area contributed by atoms with Crippen LogP contribution in [0.3, 0.4) is 0 Å². The van der Waals surface area contributed by atoms with Gasteiger partial charge in [0.25, 0.3) is 0 Å². The molecular formula is C11H14N4. The van der Waals surface area contributed by atoms with Crippen molar-refractivity contribution in [3.63, 3.8) is 0 Å². The lowest BCUT2D eigenvalue weighted by Gasteiger charge is -2.07. The molecular weight excluding hydrogens is 188 g/mol. The largest absolute Gasteiger partial charge is 0.342 e. The zero-order valence-corrected chi connectivity index (χ0v) is 8.82. The summed E-state index contributed by atoms with van der Waals surface area (Å²) in [5.41, 5.74) is 3.65. The number of aromatic nitrogens is 4. The Hall–Kier alpha value is -1.58. The van der Waals surface area contributed by atoms with Crippen LogP contribution in [0.15, 0.2) is 12.4 Å². The smallest absolute Gasteiger partial charge is 0.141 e. The Morgan fingerprint density at radius 1 is 1.33 bits per heavy atom. The third-order valence-corrected chi connectivity index (χ3v) is 2.93. The van der Waals surface area contributed by atoms with E-state index in [2.05, 4.69) is 15.1 Å². The molecule has 3 rings (SSSR count). The van der Waals surface area contributed by atoms with Gasteiger partial charge in [0.1, 0.15) is 5.82 Å². The molecule has 0 amide bonds. The SMILES string of the molecule is Cn1cc(-c2nc3c([nH]2)CCCC3)cn1. The summed E-state index contributed by atoms with van der Waals surface area (Å²) >= 11 is 0. The van der Waals surface area contributed by atoms with E-state index in [1.54, 1.807) is 4.68 Å². The van der Waals surface area contributed by atoms with E-state index < -0.39 is 0 Å². The lowest BCUT2D eigenvalue weighted by atomic mass is 10.0. The van der Waals surface area contributed by atoms with Crippen LogP contribution in [0, 0.1) is 0 Å². The maximum absolute atomic E-state index is 4.63. The van der Waals surface area contributed by atoms with Crippen LogP contribution in [0.2, 0.25) is 0 Å². The molecule has 15 heavy (non-hydrogen) atoms. The first kappa shape index (κ1) is 8.71. The van der Waals surface area contributed by atoms with Crippen molar-refractivity contribution in [3.05, 3.63) is 23.8 Å². The van der Waals surface area contributed by atoms with E-state index in [4.69, 9.17) is 0 Å². The molecule has 0 saturated carbocycles. The number of rotatable bonds is 1. The number of aryl methyl sites for hydroxylation is 3. The van der Waals surface area contributed by atoms with Gasteiger partial charge in [-0.25, -0.2) is 4.98 Å². The molecule has 1 aliphatic rings. The van der Waals surface area contributed by atoms with Crippen molar-refractivity contribution < 1.29 is 0 Å². The van der Waals surface area contributed by atoms with Crippen molar-refractivity contribution in [1.82, 2.24) is 19.7 Å². The van der Waals surface area contributed by atoms with Crippen LogP contribution in [-0.2, 0) is 19.9 Å². The van der Waals surface area contributed by atoms with Gasteiger partial charge in [-0.15, -0.1) is 0 Å². The molecule has 0 radical (unpaired) electrons. The summed E-state index contributed by atoms with van der Waals surface area (Å²) in [6, 6.07) is 0. The average Bonchev–Trinajstić information content (AvgIpc) is 2.82. The fourth-order valence-electron chi connectivity index (χ4n) is 2.13. The molecule has 0 aromatic carbocycles. The summed E-state index contributed by atoms with van der Waals surface area (Å²) in [5.74, 6) is 0.968. The maximum Gasteiger partial charge on any atom is 0.141 e. The molecule has 0 saturated heterocycles. The normalized spacial score (nSPS) is 15.3. The minimum absolute atomic E-state index is 0.968. The number of aromatic amines is 1. The molecule has 0 atom stereocenters. The first-order valence-corrected chi connectivity index (χ1v) is 5.40. The number of nitrogens with one attached hydrogen (secondary N) is 1. The molecule has 2 aromatic rings. The van der Waals surface area contributed by atoms with Crippen LogP contribution < -0.4 is 0 Å². The Balaban J connectivity index is 2.02. The Morgan fingerprint density at radius 3 is 2.93 bits per heavy atom. The van der Waals surface area contributed by atoms with Gasteiger partial charge in [0.05, 0.1) is 17.5 Å². The van der Waals surface area contributed by atoms with E-state index in [0.717, 1.165) is 24.2 Å². The summed E-state index contributed by atoms with van der Waals surface area (Å²) in [6.07, 6.45) is 8.65. The van der Waals surface area contributed by atoms with Gasteiger partial charge in [-0.3, -0.25) is 4.68 Å². The van der Waals surface area contributed by atoms with Gasteiger partial charge >= 0.3 is 0 Å². The lowest BCUT2D eigenvalue weighted by molar-refractivity contribution is 0.667. The Labute approximate surface area is 88.3 Å². The van der Waals surface area contributed by atoms with Crippen molar-refractivity contribution in [1.29, 1.82) is 0 Å².